The first kappa shape index (κ1) is 24.9. The second kappa shape index (κ2) is 10.9. The van der Waals surface area contributed by atoms with Gasteiger partial charge in [0.25, 0.3) is 5.91 Å². The lowest BCUT2D eigenvalue weighted by Crippen LogP contribution is -2.42. The monoisotopic (exact) mass is 476 g/mol. The predicted molar refractivity (Wildman–Crippen MR) is 126 cm³/mol. The van der Waals surface area contributed by atoms with Crippen molar-refractivity contribution in [2.24, 2.45) is 0 Å². The number of amides is 1. The van der Waals surface area contributed by atoms with Crippen LogP contribution >= 0.6 is 0 Å². The van der Waals surface area contributed by atoms with Gasteiger partial charge in [0, 0.05) is 25.2 Å². The summed E-state index contributed by atoms with van der Waals surface area (Å²) in [5, 5.41) is 0. The fraction of sp³-hybridized carbons (Fsp3) is 0.458. The smallest absolute Gasteiger partial charge is 0.253 e. The molecule has 1 unspecified atom stereocenters. The van der Waals surface area contributed by atoms with E-state index in [9.17, 15) is 13.2 Å². The van der Waals surface area contributed by atoms with Crippen LogP contribution < -0.4 is 14.2 Å². The van der Waals surface area contributed by atoms with Crippen molar-refractivity contribution in [3.8, 4) is 17.2 Å². The van der Waals surface area contributed by atoms with E-state index in [4.69, 9.17) is 14.2 Å². The van der Waals surface area contributed by atoms with Crippen LogP contribution in [0.1, 0.15) is 36.5 Å². The van der Waals surface area contributed by atoms with Crippen molar-refractivity contribution in [1.29, 1.82) is 0 Å². The van der Waals surface area contributed by atoms with Crippen molar-refractivity contribution < 1.29 is 27.4 Å². The highest BCUT2D eigenvalue weighted by molar-refractivity contribution is 7.89. The average Bonchev–Trinajstić information content (AvgIpc) is 2.83. The molecule has 1 fully saturated rings. The van der Waals surface area contributed by atoms with Gasteiger partial charge in [0.15, 0.2) is 0 Å². The molecule has 1 heterocycles. The summed E-state index contributed by atoms with van der Waals surface area (Å²) in [7, 11) is 0.891. The Morgan fingerprint density at radius 1 is 1.06 bits per heavy atom. The first-order chi connectivity index (χ1) is 15.8. The largest absolute Gasteiger partial charge is 0.497 e. The van der Waals surface area contributed by atoms with Crippen LogP contribution in [0.4, 0.5) is 0 Å². The maximum absolute atomic E-state index is 13.4. The minimum Gasteiger partial charge on any atom is -0.497 e. The Kier molecular flexibility index (Phi) is 8.20. The van der Waals surface area contributed by atoms with Gasteiger partial charge >= 0.3 is 0 Å². The van der Waals surface area contributed by atoms with Gasteiger partial charge in [0.2, 0.25) is 10.0 Å². The Morgan fingerprint density at radius 3 is 2.39 bits per heavy atom. The molecule has 2 aromatic rings. The summed E-state index contributed by atoms with van der Waals surface area (Å²) in [6.45, 7) is 3.01. The van der Waals surface area contributed by atoms with Crippen LogP contribution in [0.5, 0.6) is 17.2 Å². The number of piperidine rings is 1. The lowest BCUT2D eigenvalue weighted by molar-refractivity contribution is 0.0773. The number of carbonyl (C=O) groups excluding carboxylic acids is 1. The lowest BCUT2D eigenvalue weighted by atomic mass is 10.1. The molecule has 1 atom stereocenters. The van der Waals surface area contributed by atoms with Gasteiger partial charge in [-0.2, -0.15) is 4.31 Å². The van der Waals surface area contributed by atoms with E-state index in [0.29, 0.717) is 25.4 Å². The van der Waals surface area contributed by atoms with Gasteiger partial charge in [-0.1, -0.05) is 6.42 Å². The molecule has 1 aliphatic heterocycles. The minimum absolute atomic E-state index is 0.0208. The molecule has 0 radical (unpaired) electrons. The Morgan fingerprint density at radius 2 is 1.76 bits per heavy atom. The van der Waals surface area contributed by atoms with E-state index >= 15 is 0 Å². The molecular formula is C24H32N2O6S. The number of hydrogen-bond donors (Lipinski definition) is 0. The number of likely N-dealkylation sites (N-methyl/N-ethyl adjacent to an activating group) is 1. The zero-order valence-electron chi connectivity index (χ0n) is 19.6. The summed E-state index contributed by atoms with van der Waals surface area (Å²) < 4.78 is 44.4. The van der Waals surface area contributed by atoms with Crippen LogP contribution in [-0.4, -0.2) is 70.5 Å². The summed E-state index contributed by atoms with van der Waals surface area (Å²) >= 11 is 0. The van der Waals surface area contributed by atoms with E-state index in [1.54, 1.807) is 44.5 Å². The van der Waals surface area contributed by atoms with E-state index in [2.05, 4.69) is 0 Å². The molecule has 1 saturated heterocycles. The molecule has 2 aromatic carbocycles. The number of nitrogens with zero attached hydrogens (tertiary/aromatic N) is 2. The van der Waals surface area contributed by atoms with Crippen molar-refractivity contribution in [2.75, 3.05) is 41.0 Å². The average molecular weight is 477 g/mol. The maximum Gasteiger partial charge on any atom is 0.253 e. The maximum atomic E-state index is 13.4. The molecule has 1 aliphatic rings. The second-order valence-electron chi connectivity index (χ2n) is 8.08. The third-order valence-corrected chi connectivity index (χ3v) is 7.88. The Bertz CT molecular complexity index is 1060. The standard InChI is InChI=1S/C24H32N2O6S/c1-18-7-5-6-14-26(18)33(28,29)23-17-19(8-13-22(23)31-4)24(27)25(2)15-16-32-21-11-9-20(30-3)10-12-21/h8-13,17-18H,5-7,14-16H2,1-4H3. The van der Waals surface area contributed by atoms with Crippen molar-refractivity contribution in [3.05, 3.63) is 48.0 Å². The lowest BCUT2D eigenvalue weighted by Gasteiger charge is -2.32. The molecule has 0 spiro atoms. The molecule has 8 nitrogen and oxygen atoms in total. The van der Waals surface area contributed by atoms with Crippen LogP contribution in [0, 0.1) is 0 Å². The minimum atomic E-state index is -3.79. The molecule has 9 heteroatoms. The normalized spacial score (nSPS) is 16.8. The van der Waals surface area contributed by atoms with Crippen molar-refractivity contribution in [1.82, 2.24) is 9.21 Å². The highest BCUT2D eigenvalue weighted by Crippen LogP contribution is 2.32. The molecule has 0 saturated carbocycles. The number of sulfonamides is 1. The fourth-order valence-corrected chi connectivity index (χ4v) is 5.74. The van der Waals surface area contributed by atoms with Crippen molar-refractivity contribution >= 4 is 15.9 Å². The number of rotatable bonds is 9. The van der Waals surface area contributed by atoms with Gasteiger partial charge in [-0.25, -0.2) is 8.42 Å². The summed E-state index contributed by atoms with van der Waals surface area (Å²) in [6, 6.07) is 11.6. The first-order valence-electron chi connectivity index (χ1n) is 11.0. The molecule has 33 heavy (non-hydrogen) atoms. The van der Waals surface area contributed by atoms with Crippen LogP contribution in [-0.2, 0) is 10.0 Å². The second-order valence-corrected chi connectivity index (χ2v) is 9.94. The molecule has 0 aliphatic carbocycles. The van der Waals surface area contributed by atoms with Gasteiger partial charge in [0.05, 0.1) is 20.8 Å². The van der Waals surface area contributed by atoms with Gasteiger partial charge in [-0.05, 0) is 62.2 Å². The number of ether oxygens (including phenoxy) is 3. The van der Waals surface area contributed by atoms with E-state index in [1.807, 2.05) is 6.92 Å². The summed E-state index contributed by atoms with van der Waals surface area (Å²) in [6.07, 6.45) is 2.64. The third-order valence-electron chi connectivity index (χ3n) is 5.84. The Hall–Kier alpha value is -2.78. The SMILES string of the molecule is COc1ccc(OCCN(C)C(=O)c2ccc(OC)c(S(=O)(=O)N3CCCCC3C)c2)cc1. The molecule has 180 valence electrons. The first-order valence-corrected chi connectivity index (χ1v) is 12.4. The van der Waals surface area contributed by atoms with E-state index < -0.39 is 10.0 Å². The van der Waals surface area contributed by atoms with Gasteiger partial charge in [0.1, 0.15) is 28.8 Å². The van der Waals surface area contributed by atoms with Gasteiger partial charge in [-0.3, -0.25) is 4.79 Å². The molecule has 1 amide bonds. The number of carbonyl (C=O) groups is 1. The highest BCUT2D eigenvalue weighted by Gasteiger charge is 2.33. The van der Waals surface area contributed by atoms with Crippen LogP contribution in [0.3, 0.4) is 0 Å². The highest BCUT2D eigenvalue weighted by atomic mass is 32.2. The van der Waals surface area contributed by atoms with Crippen LogP contribution in [0.2, 0.25) is 0 Å². The molecular weight excluding hydrogens is 444 g/mol. The molecule has 0 aromatic heterocycles. The molecule has 0 N–H and O–H groups in total. The topological polar surface area (TPSA) is 85.4 Å². The zero-order valence-corrected chi connectivity index (χ0v) is 20.4. The molecule has 3 rings (SSSR count). The van der Waals surface area contributed by atoms with Gasteiger partial charge in [-0.15, -0.1) is 0 Å². The van der Waals surface area contributed by atoms with Crippen molar-refractivity contribution in [3.63, 3.8) is 0 Å². The Balaban J connectivity index is 1.72. The number of methoxy groups -OCH3 is 2. The van der Waals surface area contributed by atoms with E-state index in [-0.39, 0.29) is 28.2 Å². The van der Waals surface area contributed by atoms with E-state index in [1.165, 1.54) is 28.4 Å². The van der Waals surface area contributed by atoms with Crippen molar-refractivity contribution in [2.45, 2.75) is 37.1 Å². The van der Waals surface area contributed by atoms with Gasteiger partial charge < -0.3 is 19.1 Å². The Labute approximate surface area is 196 Å². The van der Waals surface area contributed by atoms with E-state index in [0.717, 1.165) is 25.0 Å². The summed E-state index contributed by atoms with van der Waals surface area (Å²) in [4.78, 5) is 14.5. The number of hydrogen-bond acceptors (Lipinski definition) is 6. The van der Waals surface area contributed by atoms with Crippen LogP contribution in [0.15, 0.2) is 47.4 Å². The summed E-state index contributed by atoms with van der Waals surface area (Å²) in [5.74, 6) is 1.35. The third kappa shape index (κ3) is 5.78. The summed E-state index contributed by atoms with van der Waals surface area (Å²) in [5.41, 5.74) is 0.283. The zero-order chi connectivity index (χ0) is 24.0. The fourth-order valence-electron chi connectivity index (χ4n) is 3.86. The predicted octanol–water partition coefficient (Wildman–Crippen LogP) is 3.42. The molecule has 0 bridgehead atoms. The quantitative estimate of drug-likeness (QED) is 0.551. The number of benzene rings is 2. The van der Waals surface area contributed by atoms with Crippen LogP contribution in [0.25, 0.3) is 0 Å².